The first-order valence-electron chi connectivity index (χ1n) is 10.4. The summed E-state index contributed by atoms with van der Waals surface area (Å²) in [4.78, 5) is 54.1. The second-order valence-electron chi connectivity index (χ2n) is 6.78. The van der Waals surface area contributed by atoms with Crippen molar-refractivity contribution in [1.82, 2.24) is 0 Å². The maximum atomic E-state index is 11.1. The van der Waals surface area contributed by atoms with E-state index in [-0.39, 0.29) is 43.2 Å². The van der Waals surface area contributed by atoms with Gasteiger partial charge in [0.1, 0.15) is 5.88 Å². The molecule has 0 atom stereocenters. The molecule has 0 aliphatic rings. The van der Waals surface area contributed by atoms with Gasteiger partial charge in [0, 0.05) is 14.7 Å². The van der Waals surface area contributed by atoms with Crippen LogP contribution in [0.3, 0.4) is 0 Å². The number of carboxylic acid groups (broad SMARTS) is 5. The van der Waals surface area contributed by atoms with Crippen LogP contribution in [0.4, 0.5) is 0 Å². The van der Waals surface area contributed by atoms with Gasteiger partial charge in [-0.1, -0.05) is 72.8 Å². The van der Waals surface area contributed by atoms with Gasteiger partial charge in [-0.2, -0.15) is 0 Å². The van der Waals surface area contributed by atoms with Crippen molar-refractivity contribution in [2.24, 2.45) is 0 Å². The molecule has 5 N–H and O–H groups in total. The third kappa shape index (κ3) is 15.1. The Labute approximate surface area is 254 Å². The number of halogens is 1. The van der Waals surface area contributed by atoms with Crippen LogP contribution in [0.25, 0.3) is 0 Å². The number of aromatic carboxylic acids is 3. The Kier molecular flexibility index (Phi) is 20.4. The summed E-state index contributed by atoms with van der Waals surface area (Å²) in [6.07, 6.45) is 0. The molecule has 3 aromatic carbocycles. The molecular weight excluding hydrogens is 616 g/mol. The lowest BCUT2D eigenvalue weighted by Gasteiger charge is -2.06. The first-order valence-corrected chi connectivity index (χ1v) is 14.1. The van der Waals surface area contributed by atoms with Crippen LogP contribution in [0.5, 0.6) is 0 Å². The van der Waals surface area contributed by atoms with Crippen LogP contribution < -0.4 is 0 Å². The summed E-state index contributed by atoms with van der Waals surface area (Å²) in [6, 6.07) is 19.6. The number of hydrogen-bond acceptors (Lipinski definition) is 8. The number of thioether (sulfide) groups is 1. The van der Waals surface area contributed by atoms with E-state index in [0.29, 0.717) is 14.7 Å². The molecule has 222 valence electrons. The quantitative estimate of drug-likeness (QED) is 0.0861. The summed E-state index contributed by atoms with van der Waals surface area (Å²) < 4.78 is 0. The molecule has 0 heterocycles. The van der Waals surface area contributed by atoms with Crippen LogP contribution >= 0.6 is 45.0 Å². The Morgan fingerprint density at radius 2 is 0.829 bits per heavy atom. The van der Waals surface area contributed by atoms with Crippen molar-refractivity contribution in [3.05, 3.63) is 89.5 Å². The molecule has 3 rings (SSSR count). The molecule has 14 heteroatoms. The molecule has 0 radical (unpaired) electrons. The minimum absolute atomic E-state index is 0. The van der Waals surface area contributed by atoms with Crippen LogP contribution in [0.2, 0.25) is 0 Å². The van der Waals surface area contributed by atoms with Crippen molar-refractivity contribution in [2.75, 3.05) is 11.6 Å². The van der Waals surface area contributed by atoms with Gasteiger partial charge in [0.2, 0.25) is 0 Å². The van der Waals surface area contributed by atoms with E-state index in [2.05, 4.69) is 0 Å². The van der Waals surface area contributed by atoms with Crippen molar-refractivity contribution in [3.63, 3.8) is 0 Å². The largest absolute Gasteiger partial charge is 0.481 e. The molecule has 0 spiro atoms. The number of carbonyl (C=O) groups is 5. The lowest BCUT2D eigenvalue weighted by molar-refractivity contribution is -0.135. The highest BCUT2D eigenvalue weighted by atomic mass is 35.5. The number of hydrogen-bond donors (Lipinski definition) is 5. The van der Waals surface area contributed by atoms with E-state index in [0.717, 1.165) is 11.8 Å². The van der Waals surface area contributed by atoms with Gasteiger partial charge in [-0.3, -0.25) is 9.59 Å². The van der Waals surface area contributed by atoms with Gasteiger partial charge in [-0.05, 0) is 36.4 Å². The molecule has 0 fully saturated rings. The standard InChI is InChI=1S/C14H10O4S2.C9H8O4S.C2H3ClO2.2CH4/c15-13(16)9-5-1-3-7-11(9)19-20-12-8-4-2-6-10(12)14(17)18;10-8(11)5-14-7-4-2-1-3-6(7)9(12)13;3-1-2(4)5;;/h1-8H,(H,15,16)(H,17,18);1-4H,5H2,(H,10,11)(H,12,13);1H2,(H,4,5);2*1H4. The normalized spacial score (nSPS) is 9.20. The molecule has 3 aromatic rings. The highest BCUT2D eigenvalue weighted by Crippen LogP contribution is 2.40. The third-order valence-corrected chi connectivity index (χ3v) is 7.81. The van der Waals surface area contributed by atoms with Crippen molar-refractivity contribution in [3.8, 4) is 0 Å². The molecule has 0 aromatic heterocycles. The predicted octanol–water partition coefficient (Wildman–Crippen LogP) is 7.03. The summed E-state index contributed by atoms with van der Waals surface area (Å²) in [6.45, 7) is 0. The highest BCUT2D eigenvalue weighted by Gasteiger charge is 2.14. The SMILES string of the molecule is C.C.O=C(O)CCl.O=C(O)CSc1ccccc1C(=O)O.O=C(O)c1ccccc1SSc1ccccc1C(=O)O. The fourth-order valence-corrected chi connectivity index (χ4v) is 5.54. The zero-order valence-electron chi connectivity index (χ0n) is 19.7. The first kappa shape index (κ1) is 39.5. The number of aliphatic carboxylic acids is 2. The third-order valence-electron chi connectivity index (χ3n) is 4.04. The molecule has 0 aliphatic heterocycles. The number of rotatable bonds is 10. The summed E-state index contributed by atoms with van der Waals surface area (Å²) in [7, 11) is 2.47. The Bertz CT molecular complexity index is 1260. The van der Waals surface area contributed by atoms with Gasteiger partial charge in [-0.15, -0.1) is 23.4 Å². The van der Waals surface area contributed by atoms with Crippen molar-refractivity contribution >= 4 is 74.8 Å². The number of alkyl halides is 1. The molecule has 10 nitrogen and oxygen atoms in total. The van der Waals surface area contributed by atoms with E-state index in [1.807, 2.05) is 0 Å². The number of benzene rings is 3. The summed E-state index contributed by atoms with van der Waals surface area (Å²) in [5, 5.41) is 43.0. The first-order chi connectivity index (χ1) is 18.5. The second kappa shape index (κ2) is 21.1. The van der Waals surface area contributed by atoms with E-state index in [1.54, 1.807) is 54.6 Å². The highest BCUT2D eigenvalue weighted by molar-refractivity contribution is 8.76. The summed E-state index contributed by atoms with van der Waals surface area (Å²) >= 11 is 5.74. The fourth-order valence-electron chi connectivity index (χ4n) is 2.43. The molecule has 41 heavy (non-hydrogen) atoms. The van der Waals surface area contributed by atoms with Crippen LogP contribution in [-0.4, -0.2) is 67.0 Å². The predicted molar refractivity (Wildman–Crippen MR) is 162 cm³/mol. The molecule has 0 unspecified atom stereocenters. The second-order valence-corrected chi connectivity index (χ2v) is 10.3. The van der Waals surface area contributed by atoms with E-state index < -0.39 is 29.8 Å². The Morgan fingerprint density at radius 1 is 0.537 bits per heavy atom. The van der Waals surface area contributed by atoms with Crippen molar-refractivity contribution in [2.45, 2.75) is 29.5 Å². The maximum Gasteiger partial charge on any atom is 0.336 e. The van der Waals surface area contributed by atoms with Gasteiger partial charge in [0.15, 0.2) is 0 Å². The monoisotopic (exact) mass is 644 g/mol. The zero-order chi connectivity index (χ0) is 29.4. The van der Waals surface area contributed by atoms with Gasteiger partial charge >= 0.3 is 29.8 Å². The van der Waals surface area contributed by atoms with Gasteiger partial charge < -0.3 is 25.5 Å². The molecule has 0 bridgehead atoms. The van der Waals surface area contributed by atoms with Gasteiger partial charge in [0.05, 0.1) is 22.4 Å². The Morgan fingerprint density at radius 3 is 1.12 bits per heavy atom. The van der Waals surface area contributed by atoms with Crippen LogP contribution in [0.15, 0.2) is 87.5 Å². The van der Waals surface area contributed by atoms with Gasteiger partial charge in [0.25, 0.3) is 0 Å². The zero-order valence-corrected chi connectivity index (χ0v) is 22.9. The minimum atomic E-state index is -1.04. The molecule has 0 amide bonds. The molecular formula is C27H29ClO10S3. The van der Waals surface area contributed by atoms with E-state index in [1.165, 1.54) is 39.8 Å². The Balaban J connectivity index is 0. The van der Waals surface area contributed by atoms with Crippen LogP contribution in [0, 0.1) is 0 Å². The lowest BCUT2D eigenvalue weighted by atomic mass is 10.2. The smallest absolute Gasteiger partial charge is 0.336 e. The minimum Gasteiger partial charge on any atom is -0.481 e. The number of carboxylic acids is 5. The van der Waals surface area contributed by atoms with Gasteiger partial charge in [-0.25, -0.2) is 14.4 Å². The fraction of sp³-hybridized carbons (Fsp3) is 0.148. The van der Waals surface area contributed by atoms with Crippen LogP contribution in [0.1, 0.15) is 45.9 Å². The lowest BCUT2D eigenvalue weighted by Crippen LogP contribution is -2.02. The maximum absolute atomic E-state index is 11.1. The van der Waals surface area contributed by atoms with Crippen molar-refractivity contribution < 1.29 is 49.5 Å². The van der Waals surface area contributed by atoms with E-state index in [9.17, 15) is 24.0 Å². The average molecular weight is 645 g/mol. The van der Waals surface area contributed by atoms with E-state index >= 15 is 0 Å². The van der Waals surface area contributed by atoms with E-state index in [4.69, 9.17) is 37.1 Å². The molecule has 0 saturated carbocycles. The molecule has 0 saturated heterocycles. The van der Waals surface area contributed by atoms with Crippen LogP contribution in [-0.2, 0) is 9.59 Å². The topological polar surface area (TPSA) is 186 Å². The van der Waals surface area contributed by atoms with Crippen molar-refractivity contribution in [1.29, 1.82) is 0 Å². The Hall–Kier alpha value is -3.65. The molecule has 0 aliphatic carbocycles. The summed E-state index contributed by atoms with van der Waals surface area (Å²) in [5.74, 6) is -5.43. The average Bonchev–Trinajstić information content (AvgIpc) is 2.91. The summed E-state index contributed by atoms with van der Waals surface area (Å²) in [5.41, 5.74) is 0.550.